The van der Waals surface area contributed by atoms with E-state index < -0.39 is 18.3 Å². The van der Waals surface area contributed by atoms with Crippen molar-refractivity contribution in [2.45, 2.75) is 58.4 Å². The average Bonchev–Trinajstić information content (AvgIpc) is 3.35. The van der Waals surface area contributed by atoms with Crippen LogP contribution in [0.1, 0.15) is 48.5 Å². The zero-order valence-corrected chi connectivity index (χ0v) is 19.6. The van der Waals surface area contributed by atoms with Gasteiger partial charge in [-0.3, -0.25) is 9.67 Å². The van der Waals surface area contributed by atoms with E-state index in [0.717, 1.165) is 21.4 Å². The van der Waals surface area contributed by atoms with Gasteiger partial charge in [0.25, 0.3) is 0 Å². The van der Waals surface area contributed by atoms with E-state index in [1.165, 1.54) is 0 Å². The van der Waals surface area contributed by atoms with Gasteiger partial charge in [-0.25, -0.2) is 4.68 Å². The van der Waals surface area contributed by atoms with Crippen molar-refractivity contribution in [3.8, 4) is 11.5 Å². The molecule has 2 N–H and O–H groups in total. The molecule has 11 heteroatoms. The maximum Gasteiger partial charge on any atom is 0.410 e. The molecule has 178 valence electrons. The summed E-state index contributed by atoms with van der Waals surface area (Å²) in [6.45, 7) is 7.54. The average molecular weight is 481 g/mol. The lowest BCUT2D eigenvalue weighted by atomic mass is 9.94. The standard InChI is InChI=1S/C22H27F3N6OS/c1-4-32-9-5-8-30-20(27-28-21(30)33)17-12-19-26-16(15-7-6-13(2)14(3)10-15)11-18(22(23,24)25)31(19)29-17/h6-7,10,12,16,18,26H,4-5,8-9,11H2,1-3H3,(H,28,33)/t16-,18-/m0/s1. The summed E-state index contributed by atoms with van der Waals surface area (Å²) in [7, 11) is 0. The molecular weight excluding hydrogens is 453 g/mol. The number of alkyl halides is 3. The van der Waals surface area contributed by atoms with Crippen LogP contribution in [0.5, 0.6) is 0 Å². The highest BCUT2D eigenvalue weighted by Gasteiger charge is 2.46. The molecule has 0 saturated heterocycles. The molecule has 0 fully saturated rings. The van der Waals surface area contributed by atoms with Crippen LogP contribution in [0.15, 0.2) is 24.3 Å². The second-order valence-electron chi connectivity index (χ2n) is 8.25. The molecule has 3 aromatic rings. The fraction of sp³-hybridized carbons (Fsp3) is 0.500. The molecule has 7 nitrogen and oxygen atoms in total. The van der Waals surface area contributed by atoms with Crippen LogP contribution in [0.25, 0.3) is 11.5 Å². The van der Waals surface area contributed by atoms with Crippen LogP contribution in [0.2, 0.25) is 0 Å². The van der Waals surface area contributed by atoms with Crippen LogP contribution in [-0.2, 0) is 11.3 Å². The molecular formula is C22H27F3N6OS. The number of ether oxygens (including phenoxy) is 1. The van der Waals surface area contributed by atoms with Crippen LogP contribution in [0.4, 0.5) is 19.0 Å². The van der Waals surface area contributed by atoms with Crippen LogP contribution in [-0.4, -0.2) is 43.9 Å². The van der Waals surface area contributed by atoms with Crippen molar-refractivity contribution in [3.05, 3.63) is 45.7 Å². The number of anilines is 1. The number of aromatic amines is 1. The van der Waals surface area contributed by atoms with Crippen molar-refractivity contribution < 1.29 is 17.9 Å². The number of aryl methyl sites for hydroxylation is 2. The van der Waals surface area contributed by atoms with Crippen molar-refractivity contribution in [3.63, 3.8) is 0 Å². The second kappa shape index (κ2) is 9.30. The van der Waals surface area contributed by atoms with Gasteiger partial charge in [0.1, 0.15) is 11.5 Å². The first-order valence-corrected chi connectivity index (χ1v) is 11.3. The quantitative estimate of drug-likeness (QED) is 0.345. The zero-order chi connectivity index (χ0) is 23.8. The number of rotatable bonds is 7. The summed E-state index contributed by atoms with van der Waals surface area (Å²) in [6.07, 6.45) is -3.90. The van der Waals surface area contributed by atoms with Crippen LogP contribution in [0.3, 0.4) is 0 Å². The molecule has 2 atom stereocenters. The van der Waals surface area contributed by atoms with Gasteiger partial charge in [-0.15, -0.1) is 0 Å². The summed E-state index contributed by atoms with van der Waals surface area (Å²) in [6, 6.07) is 5.13. The fourth-order valence-corrected chi connectivity index (χ4v) is 4.30. The maximum atomic E-state index is 14.0. The molecule has 1 aliphatic heterocycles. The summed E-state index contributed by atoms with van der Waals surface area (Å²) in [5.74, 6) is 0.709. The highest BCUT2D eigenvalue weighted by Crippen LogP contribution is 2.44. The van der Waals surface area contributed by atoms with Gasteiger partial charge in [-0.2, -0.15) is 23.4 Å². The Bertz CT molecular complexity index is 1180. The first-order valence-electron chi connectivity index (χ1n) is 10.9. The van der Waals surface area contributed by atoms with E-state index in [0.29, 0.717) is 48.3 Å². The lowest BCUT2D eigenvalue weighted by molar-refractivity contribution is -0.173. The van der Waals surface area contributed by atoms with Crippen molar-refractivity contribution >= 4 is 18.0 Å². The number of fused-ring (bicyclic) bond motifs is 1. The molecule has 4 rings (SSSR count). The molecule has 1 aliphatic rings. The number of nitrogens with zero attached hydrogens (tertiary/aromatic N) is 4. The van der Waals surface area contributed by atoms with Gasteiger partial charge < -0.3 is 10.1 Å². The summed E-state index contributed by atoms with van der Waals surface area (Å²) in [5, 5.41) is 14.5. The van der Waals surface area contributed by atoms with Crippen molar-refractivity contribution in [1.82, 2.24) is 24.5 Å². The Hall–Kier alpha value is -2.66. The van der Waals surface area contributed by atoms with Crippen molar-refractivity contribution in [1.29, 1.82) is 0 Å². The molecule has 0 saturated carbocycles. The number of benzene rings is 1. The van der Waals surface area contributed by atoms with Gasteiger partial charge in [-0.1, -0.05) is 18.2 Å². The number of halogens is 3. The number of hydrogen-bond donors (Lipinski definition) is 2. The minimum atomic E-state index is -4.44. The Labute approximate surface area is 195 Å². The van der Waals surface area contributed by atoms with E-state index in [9.17, 15) is 13.2 Å². The normalized spacial score (nSPS) is 18.2. The number of hydrogen-bond acceptors (Lipinski definition) is 5. The molecule has 0 unspecified atom stereocenters. The van der Waals surface area contributed by atoms with Gasteiger partial charge >= 0.3 is 6.18 Å². The predicted molar refractivity (Wildman–Crippen MR) is 122 cm³/mol. The first-order chi connectivity index (χ1) is 15.7. The van der Waals surface area contributed by atoms with Gasteiger partial charge in [0.05, 0.1) is 6.04 Å². The third-order valence-corrected chi connectivity index (χ3v) is 6.30. The summed E-state index contributed by atoms with van der Waals surface area (Å²) < 4.78 is 50.6. The molecule has 2 aromatic heterocycles. The molecule has 33 heavy (non-hydrogen) atoms. The topological polar surface area (TPSA) is 72.7 Å². The number of H-pyrrole nitrogens is 1. The van der Waals surface area contributed by atoms with Crippen molar-refractivity contribution in [2.24, 2.45) is 0 Å². The molecule has 0 bridgehead atoms. The Balaban J connectivity index is 1.68. The smallest absolute Gasteiger partial charge is 0.382 e. The lowest BCUT2D eigenvalue weighted by Gasteiger charge is -2.33. The highest BCUT2D eigenvalue weighted by molar-refractivity contribution is 7.71. The molecule has 0 spiro atoms. The van der Waals surface area contributed by atoms with E-state index in [1.54, 1.807) is 10.6 Å². The lowest BCUT2D eigenvalue weighted by Crippen LogP contribution is -2.35. The molecule has 0 radical (unpaired) electrons. The monoisotopic (exact) mass is 480 g/mol. The predicted octanol–water partition coefficient (Wildman–Crippen LogP) is 5.51. The van der Waals surface area contributed by atoms with E-state index >= 15 is 0 Å². The minimum absolute atomic E-state index is 0.151. The Morgan fingerprint density at radius 3 is 2.70 bits per heavy atom. The van der Waals surface area contributed by atoms with Crippen molar-refractivity contribution in [2.75, 3.05) is 18.5 Å². The van der Waals surface area contributed by atoms with Crippen LogP contribution in [0, 0.1) is 18.6 Å². The molecule has 0 amide bonds. The maximum absolute atomic E-state index is 14.0. The minimum Gasteiger partial charge on any atom is -0.382 e. The van der Waals surface area contributed by atoms with E-state index in [4.69, 9.17) is 17.0 Å². The largest absolute Gasteiger partial charge is 0.410 e. The summed E-state index contributed by atoms with van der Waals surface area (Å²) in [5.41, 5.74) is 3.29. The third-order valence-electron chi connectivity index (χ3n) is 5.99. The van der Waals surface area contributed by atoms with Crippen LogP contribution < -0.4 is 5.32 Å². The molecule has 3 heterocycles. The summed E-state index contributed by atoms with van der Waals surface area (Å²) in [4.78, 5) is 0. The van der Waals surface area contributed by atoms with Gasteiger partial charge in [0.2, 0.25) is 0 Å². The van der Waals surface area contributed by atoms with Crippen LogP contribution >= 0.6 is 12.2 Å². The molecule has 0 aliphatic carbocycles. The number of aromatic nitrogens is 5. The van der Waals surface area contributed by atoms with E-state index in [2.05, 4.69) is 20.6 Å². The van der Waals surface area contributed by atoms with Gasteiger partial charge in [-0.05, 0) is 56.1 Å². The Morgan fingerprint density at radius 1 is 1.21 bits per heavy atom. The molecule has 1 aromatic carbocycles. The SMILES string of the molecule is CCOCCCn1c(-c2cc3n(n2)[C@H](C(F)(F)F)C[C@@H](c2ccc(C)c(C)c2)N3)n[nH]c1=S. The zero-order valence-electron chi connectivity index (χ0n) is 18.7. The van der Waals surface area contributed by atoms with E-state index in [-0.39, 0.29) is 6.42 Å². The fourth-order valence-electron chi connectivity index (χ4n) is 4.07. The van der Waals surface area contributed by atoms with Gasteiger partial charge in [0.15, 0.2) is 16.6 Å². The highest BCUT2D eigenvalue weighted by atomic mass is 32.1. The Kier molecular flexibility index (Phi) is 6.62. The first kappa shape index (κ1) is 23.5. The number of nitrogens with one attached hydrogen (secondary N) is 2. The third kappa shape index (κ3) is 4.84. The summed E-state index contributed by atoms with van der Waals surface area (Å²) >= 11 is 5.32. The van der Waals surface area contributed by atoms with E-state index in [1.807, 2.05) is 39.0 Å². The Morgan fingerprint density at radius 2 is 2.00 bits per heavy atom. The second-order valence-corrected chi connectivity index (χ2v) is 8.63. The van der Waals surface area contributed by atoms with Gasteiger partial charge in [0, 0.05) is 32.2 Å².